The summed E-state index contributed by atoms with van der Waals surface area (Å²) in [5, 5.41) is 3.60. The Kier molecular flexibility index (Phi) is 5.55. The van der Waals surface area contributed by atoms with Crippen LogP contribution in [0, 0.1) is 0 Å². The monoisotopic (exact) mass is 418 g/mol. The first-order chi connectivity index (χ1) is 14.4. The van der Waals surface area contributed by atoms with Crippen LogP contribution in [0.15, 0.2) is 48.0 Å². The van der Waals surface area contributed by atoms with Crippen LogP contribution in [0.1, 0.15) is 36.4 Å². The van der Waals surface area contributed by atoms with Gasteiger partial charge >= 0.3 is 0 Å². The number of carbonyl (C=O) groups excluding carboxylic acids is 1. The molecule has 0 fully saturated rings. The number of amides is 1. The number of nitrogens with one attached hydrogen (secondary N) is 1. The molecule has 0 unspecified atom stereocenters. The van der Waals surface area contributed by atoms with Gasteiger partial charge in [0.25, 0.3) is 0 Å². The number of nitrogens with two attached hydrogens (primary N) is 1. The molecular formula is C24H23ClN4O. The maximum Gasteiger partial charge on any atom is 0.230 e. The lowest BCUT2D eigenvalue weighted by Crippen LogP contribution is -2.19. The van der Waals surface area contributed by atoms with Crippen molar-refractivity contribution < 1.29 is 4.79 Å². The second-order valence-electron chi connectivity index (χ2n) is 7.74. The molecule has 1 aliphatic rings. The predicted molar refractivity (Wildman–Crippen MR) is 122 cm³/mol. The Morgan fingerprint density at radius 1 is 1.13 bits per heavy atom. The molecule has 5 nitrogen and oxygen atoms in total. The topological polar surface area (TPSA) is 80.9 Å². The van der Waals surface area contributed by atoms with Gasteiger partial charge in [-0.1, -0.05) is 35.4 Å². The van der Waals surface area contributed by atoms with E-state index in [0.717, 1.165) is 46.6 Å². The Hall–Kier alpha value is -3.18. The summed E-state index contributed by atoms with van der Waals surface area (Å²) in [6.07, 6.45) is 3.79. The number of carbonyl (C=O) groups is 1. The van der Waals surface area contributed by atoms with E-state index in [1.54, 1.807) is 12.1 Å². The van der Waals surface area contributed by atoms with Crippen LogP contribution >= 0.6 is 11.6 Å². The van der Waals surface area contributed by atoms with Gasteiger partial charge in [0.05, 0.1) is 17.8 Å². The highest BCUT2D eigenvalue weighted by Crippen LogP contribution is 2.34. The summed E-state index contributed by atoms with van der Waals surface area (Å²) in [5.41, 5.74) is 13.3. The van der Waals surface area contributed by atoms with Crippen molar-refractivity contribution in [1.82, 2.24) is 9.97 Å². The number of aromatic nitrogens is 2. The highest BCUT2D eigenvalue weighted by Gasteiger charge is 2.22. The lowest BCUT2D eigenvalue weighted by molar-refractivity contribution is -0.115. The van der Waals surface area contributed by atoms with E-state index in [0.29, 0.717) is 16.5 Å². The quantitative estimate of drug-likeness (QED) is 0.579. The Labute approximate surface area is 181 Å². The molecule has 6 heteroatoms. The van der Waals surface area contributed by atoms with E-state index >= 15 is 0 Å². The Morgan fingerprint density at radius 2 is 1.90 bits per heavy atom. The molecule has 2 aromatic carbocycles. The van der Waals surface area contributed by atoms with Crippen molar-refractivity contribution in [2.75, 3.05) is 11.1 Å². The number of halogens is 1. The second kappa shape index (κ2) is 8.28. The molecule has 1 aliphatic carbocycles. The average molecular weight is 419 g/mol. The van der Waals surface area contributed by atoms with E-state index in [4.69, 9.17) is 27.3 Å². The fourth-order valence-electron chi connectivity index (χ4n) is 3.61. The standard InChI is InChI=1S/C24H23ClN4O/c1-14(2)11-21-24(29-22(30)12-15-3-6-17(25)7-4-15)28-20-10-5-16-13-18(26)8-9-19(16)23(20)27-21/h3-4,6-9,11,13H,5,10,12,26H2,1-2H3,(H,28,29,30). The molecule has 1 heterocycles. The lowest BCUT2D eigenvalue weighted by atomic mass is 9.91. The van der Waals surface area contributed by atoms with Crippen LogP contribution in [0.3, 0.4) is 0 Å². The summed E-state index contributed by atoms with van der Waals surface area (Å²) >= 11 is 5.93. The van der Waals surface area contributed by atoms with Crippen molar-refractivity contribution >= 4 is 35.1 Å². The Balaban J connectivity index is 1.68. The third kappa shape index (κ3) is 4.36. The molecule has 3 N–H and O–H groups in total. The summed E-state index contributed by atoms with van der Waals surface area (Å²) in [4.78, 5) is 22.3. The molecule has 1 amide bonds. The number of hydrogen-bond acceptors (Lipinski definition) is 4. The minimum Gasteiger partial charge on any atom is -0.399 e. The summed E-state index contributed by atoms with van der Waals surface area (Å²) in [6.45, 7) is 3.99. The molecule has 0 atom stereocenters. The van der Waals surface area contributed by atoms with Crippen molar-refractivity contribution in [3.05, 3.63) is 75.6 Å². The first kappa shape index (κ1) is 20.1. The first-order valence-corrected chi connectivity index (χ1v) is 10.3. The fourth-order valence-corrected chi connectivity index (χ4v) is 3.73. The molecule has 3 aromatic rings. The molecular weight excluding hydrogens is 396 g/mol. The summed E-state index contributed by atoms with van der Waals surface area (Å²) in [7, 11) is 0. The highest BCUT2D eigenvalue weighted by molar-refractivity contribution is 6.30. The van der Waals surface area contributed by atoms with Crippen molar-refractivity contribution in [2.24, 2.45) is 0 Å². The number of hydrogen-bond donors (Lipinski definition) is 2. The summed E-state index contributed by atoms with van der Waals surface area (Å²) in [5.74, 6) is 0.353. The average Bonchev–Trinajstić information content (AvgIpc) is 2.69. The van der Waals surface area contributed by atoms with Crippen LogP contribution in [0.2, 0.25) is 5.02 Å². The number of anilines is 2. The van der Waals surface area contributed by atoms with Gasteiger partial charge in [0.1, 0.15) is 5.69 Å². The highest BCUT2D eigenvalue weighted by atomic mass is 35.5. The zero-order valence-corrected chi connectivity index (χ0v) is 17.8. The number of allylic oxidation sites excluding steroid dienone is 1. The van der Waals surface area contributed by atoms with Crippen molar-refractivity contribution in [3.8, 4) is 11.3 Å². The molecule has 0 radical (unpaired) electrons. The fraction of sp³-hybridized carbons (Fsp3) is 0.208. The van der Waals surface area contributed by atoms with Crippen molar-refractivity contribution in [2.45, 2.75) is 33.1 Å². The number of nitrogens with zero attached hydrogens (tertiary/aromatic N) is 2. The van der Waals surface area contributed by atoms with Crippen LogP contribution in [-0.2, 0) is 24.1 Å². The van der Waals surface area contributed by atoms with Gasteiger partial charge in [-0.3, -0.25) is 4.79 Å². The maximum atomic E-state index is 12.7. The minimum atomic E-state index is -0.140. The predicted octanol–water partition coefficient (Wildman–Crippen LogP) is 5.08. The number of aryl methyl sites for hydroxylation is 2. The Morgan fingerprint density at radius 3 is 2.63 bits per heavy atom. The van der Waals surface area contributed by atoms with Gasteiger partial charge in [0, 0.05) is 16.3 Å². The van der Waals surface area contributed by atoms with Gasteiger partial charge in [0.2, 0.25) is 5.91 Å². The second-order valence-corrected chi connectivity index (χ2v) is 8.18. The largest absolute Gasteiger partial charge is 0.399 e. The minimum absolute atomic E-state index is 0.140. The number of fused-ring (bicyclic) bond motifs is 3. The maximum absolute atomic E-state index is 12.7. The van der Waals surface area contributed by atoms with Crippen LogP contribution in [0.4, 0.5) is 11.5 Å². The molecule has 4 rings (SSSR count). The molecule has 0 aliphatic heterocycles. The smallest absolute Gasteiger partial charge is 0.230 e. The molecule has 1 aromatic heterocycles. The third-order valence-corrected chi connectivity index (χ3v) is 5.22. The summed E-state index contributed by atoms with van der Waals surface area (Å²) < 4.78 is 0. The summed E-state index contributed by atoms with van der Waals surface area (Å²) in [6, 6.07) is 13.1. The number of rotatable bonds is 4. The molecule has 152 valence electrons. The molecule has 0 bridgehead atoms. The Bertz CT molecular complexity index is 1150. The van der Waals surface area contributed by atoms with Crippen LogP contribution in [0.25, 0.3) is 17.3 Å². The van der Waals surface area contributed by atoms with Crippen molar-refractivity contribution in [1.29, 1.82) is 0 Å². The number of nitrogen functional groups attached to an aromatic ring is 1. The van der Waals surface area contributed by atoms with Crippen LogP contribution < -0.4 is 11.1 Å². The SMILES string of the molecule is CC(C)=Cc1nc2c(nc1NC(=O)Cc1ccc(Cl)cc1)CCc1cc(N)ccc1-2. The zero-order chi connectivity index (χ0) is 21.3. The van der Waals surface area contributed by atoms with E-state index < -0.39 is 0 Å². The zero-order valence-electron chi connectivity index (χ0n) is 17.0. The van der Waals surface area contributed by atoms with E-state index in [9.17, 15) is 4.79 Å². The molecule has 0 spiro atoms. The molecule has 0 saturated heterocycles. The van der Waals surface area contributed by atoms with Crippen LogP contribution in [-0.4, -0.2) is 15.9 Å². The molecule has 30 heavy (non-hydrogen) atoms. The number of benzene rings is 2. The van der Waals surface area contributed by atoms with Crippen LogP contribution in [0.5, 0.6) is 0 Å². The van der Waals surface area contributed by atoms with Gasteiger partial charge in [-0.2, -0.15) is 0 Å². The normalized spacial score (nSPS) is 12.0. The van der Waals surface area contributed by atoms with Gasteiger partial charge in [-0.25, -0.2) is 9.97 Å². The van der Waals surface area contributed by atoms with Gasteiger partial charge < -0.3 is 11.1 Å². The van der Waals surface area contributed by atoms with E-state index in [1.165, 1.54) is 5.56 Å². The van der Waals surface area contributed by atoms with Gasteiger partial charge in [-0.05, 0) is 68.2 Å². The van der Waals surface area contributed by atoms with Gasteiger partial charge in [-0.15, -0.1) is 0 Å². The van der Waals surface area contributed by atoms with Gasteiger partial charge in [0.15, 0.2) is 5.82 Å². The molecule has 0 saturated carbocycles. The third-order valence-electron chi connectivity index (χ3n) is 4.97. The van der Waals surface area contributed by atoms with E-state index in [2.05, 4.69) is 5.32 Å². The first-order valence-electron chi connectivity index (χ1n) is 9.88. The van der Waals surface area contributed by atoms with Crippen molar-refractivity contribution in [3.63, 3.8) is 0 Å². The van der Waals surface area contributed by atoms with E-state index in [1.807, 2.05) is 50.3 Å². The van der Waals surface area contributed by atoms with E-state index in [-0.39, 0.29) is 12.3 Å². The lowest BCUT2D eigenvalue weighted by Gasteiger charge is -2.20.